The molecule has 1 fully saturated rings. The first-order chi connectivity index (χ1) is 9.34. The molecule has 0 N–H and O–H groups in total. The highest BCUT2D eigenvalue weighted by molar-refractivity contribution is 5.97. The van der Waals surface area contributed by atoms with Crippen LogP contribution in [0.5, 0.6) is 0 Å². The maximum atomic E-state index is 11.8. The van der Waals surface area contributed by atoms with Gasteiger partial charge in [-0.25, -0.2) is 9.97 Å². The van der Waals surface area contributed by atoms with E-state index in [0.29, 0.717) is 12.3 Å². The van der Waals surface area contributed by atoms with Gasteiger partial charge in [0.25, 0.3) is 0 Å². The van der Waals surface area contributed by atoms with E-state index in [-0.39, 0.29) is 5.78 Å². The van der Waals surface area contributed by atoms with E-state index in [1.807, 2.05) is 0 Å². The van der Waals surface area contributed by atoms with Crippen molar-refractivity contribution in [2.75, 3.05) is 0 Å². The lowest BCUT2D eigenvalue weighted by atomic mass is 9.90. The van der Waals surface area contributed by atoms with Gasteiger partial charge in [0.15, 0.2) is 5.78 Å². The Bertz CT molecular complexity index is 462. The van der Waals surface area contributed by atoms with Crippen molar-refractivity contribution in [2.45, 2.75) is 70.1 Å². The van der Waals surface area contributed by atoms with Gasteiger partial charge in [0.2, 0.25) is 0 Å². The third kappa shape index (κ3) is 2.85. The molecule has 0 spiro atoms. The standard InChI is InChI=1S/C16H22N2O/c19-15-10-6-9-14-13(15)11-17-16(18-14)12-7-4-2-1-3-5-8-12/h11-12H,1-10H2. The van der Waals surface area contributed by atoms with Crippen LogP contribution in [0.1, 0.15) is 85.6 Å². The monoisotopic (exact) mass is 258 g/mol. The van der Waals surface area contributed by atoms with Gasteiger partial charge in [0, 0.05) is 18.5 Å². The number of ketones is 1. The highest BCUT2D eigenvalue weighted by Gasteiger charge is 2.22. The number of hydrogen-bond acceptors (Lipinski definition) is 3. The van der Waals surface area contributed by atoms with Crippen LogP contribution in [0.4, 0.5) is 0 Å². The van der Waals surface area contributed by atoms with Crippen LogP contribution in [-0.4, -0.2) is 15.8 Å². The summed E-state index contributed by atoms with van der Waals surface area (Å²) in [6, 6.07) is 0. The summed E-state index contributed by atoms with van der Waals surface area (Å²) in [4.78, 5) is 21.0. The van der Waals surface area contributed by atoms with Crippen LogP contribution >= 0.6 is 0 Å². The van der Waals surface area contributed by atoms with Gasteiger partial charge < -0.3 is 0 Å². The molecule has 19 heavy (non-hydrogen) atoms. The third-order valence-corrected chi connectivity index (χ3v) is 4.47. The molecule has 0 unspecified atom stereocenters. The van der Waals surface area contributed by atoms with E-state index in [0.717, 1.165) is 29.9 Å². The Morgan fingerprint density at radius 2 is 1.68 bits per heavy atom. The quantitative estimate of drug-likeness (QED) is 0.769. The van der Waals surface area contributed by atoms with Crippen molar-refractivity contribution in [2.24, 2.45) is 0 Å². The topological polar surface area (TPSA) is 42.9 Å². The Hall–Kier alpha value is -1.25. The van der Waals surface area contributed by atoms with Crippen LogP contribution in [0.2, 0.25) is 0 Å². The predicted molar refractivity (Wildman–Crippen MR) is 74.4 cm³/mol. The first-order valence-corrected chi connectivity index (χ1v) is 7.73. The molecule has 1 saturated carbocycles. The Balaban J connectivity index is 1.82. The smallest absolute Gasteiger partial charge is 0.166 e. The largest absolute Gasteiger partial charge is 0.294 e. The molecular weight excluding hydrogens is 236 g/mol. The summed E-state index contributed by atoms with van der Waals surface area (Å²) in [5.74, 6) is 1.74. The maximum Gasteiger partial charge on any atom is 0.166 e. The van der Waals surface area contributed by atoms with Gasteiger partial charge >= 0.3 is 0 Å². The fraction of sp³-hybridized carbons (Fsp3) is 0.688. The molecule has 0 radical (unpaired) electrons. The van der Waals surface area contributed by atoms with Crippen molar-refractivity contribution in [1.29, 1.82) is 0 Å². The van der Waals surface area contributed by atoms with Crippen LogP contribution in [0.15, 0.2) is 6.20 Å². The van der Waals surface area contributed by atoms with Gasteiger partial charge in [-0.05, 0) is 25.7 Å². The Kier molecular flexibility index (Phi) is 3.90. The highest BCUT2D eigenvalue weighted by atomic mass is 16.1. The Labute approximate surface area is 114 Å². The molecule has 3 nitrogen and oxygen atoms in total. The number of Topliss-reactive ketones (excluding diaryl/α,β-unsaturated/α-hetero) is 1. The average molecular weight is 258 g/mol. The maximum absolute atomic E-state index is 11.8. The van der Waals surface area contributed by atoms with Crippen molar-refractivity contribution in [3.8, 4) is 0 Å². The predicted octanol–water partition coefficient (Wildman–Crippen LogP) is 3.82. The number of aromatic nitrogens is 2. The lowest BCUT2D eigenvalue weighted by molar-refractivity contribution is 0.0971. The van der Waals surface area contributed by atoms with Crippen molar-refractivity contribution in [1.82, 2.24) is 9.97 Å². The summed E-state index contributed by atoms with van der Waals surface area (Å²) < 4.78 is 0. The summed E-state index contributed by atoms with van der Waals surface area (Å²) in [7, 11) is 0. The van der Waals surface area contributed by atoms with Gasteiger partial charge in [-0.3, -0.25) is 4.79 Å². The molecule has 0 bridgehead atoms. The number of rotatable bonds is 1. The Morgan fingerprint density at radius 1 is 0.947 bits per heavy atom. The van der Waals surface area contributed by atoms with Crippen LogP contribution in [-0.2, 0) is 6.42 Å². The molecule has 1 heterocycles. The number of hydrogen-bond donors (Lipinski definition) is 0. The average Bonchev–Trinajstić information content (AvgIpc) is 2.38. The lowest BCUT2D eigenvalue weighted by Crippen LogP contribution is -2.16. The molecule has 0 saturated heterocycles. The van der Waals surface area contributed by atoms with E-state index in [1.54, 1.807) is 6.20 Å². The molecule has 0 atom stereocenters. The second-order valence-electron chi connectivity index (χ2n) is 5.91. The summed E-state index contributed by atoms with van der Waals surface area (Å²) in [5, 5.41) is 0. The van der Waals surface area contributed by atoms with Crippen LogP contribution in [0, 0.1) is 0 Å². The van der Waals surface area contributed by atoms with Crippen LogP contribution < -0.4 is 0 Å². The zero-order valence-electron chi connectivity index (χ0n) is 11.5. The second-order valence-corrected chi connectivity index (χ2v) is 5.91. The molecule has 0 aromatic carbocycles. The summed E-state index contributed by atoms with van der Waals surface area (Å²) in [6.45, 7) is 0. The zero-order valence-corrected chi connectivity index (χ0v) is 11.5. The third-order valence-electron chi connectivity index (χ3n) is 4.47. The summed E-state index contributed by atoms with van der Waals surface area (Å²) in [5.41, 5.74) is 1.78. The van der Waals surface area contributed by atoms with Gasteiger partial charge in [0.05, 0.1) is 11.3 Å². The molecule has 1 aromatic rings. The normalized spacial score (nSPS) is 21.6. The van der Waals surface area contributed by atoms with Gasteiger partial charge in [-0.1, -0.05) is 32.1 Å². The number of carbonyl (C=O) groups excluding carboxylic acids is 1. The van der Waals surface area contributed by atoms with Gasteiger partial charge in [0.1, 0.15) is 5.82 Å². The van der Waals surface area contributed by atoms with E-state index >= 15 is 0 Å². The number of fused-ring (bicyclic) bond motifs is 1. The zero-order chi connectivity index (χ0) is 13.1. The fourth-order valence-corrected chi connectivity index (χ4v) is 3.32. The minimum atomic E-state index is 0.227. The molecule has 3 rings (SSSR count). The van der Waals surface area contributed by atoms with Gasteiger partial charge in [-0.15, -0.1) is 0 Å². The molecular formula is C16H22N2O. The van der Waals surface area contributed by atoms with Crippen molar-refractivity contribution in [3.63, 3.8) is 0 Å². The minimum absolute atomic E-state index is 0.227. The molecule has 1 aromatic heterocycles. The number of nitrogens with zero attached hydrogens (tertiary/aromatic N) is 2. The number of carbonyl (C=O) groups is 1. The SMILES string of the molecule is O=C1CCCc2nc(C3CCCCCCC3)ncc21. The van der Waals surface area contributed by atoms with E-state index in [1.165, 1.54) is 44.9 Å². The van der Waals surface area contributed by atoms with E-state index in [2.05, 4.69) is 4.98 Å². The lowest BCUT2D eigenvalue weighted by Gasteiger charge is -2.20. The molecule has 3 heteroatoms. The van der Waals surface area contributed by atoms with Crippen molar-refractivity contribution >= 4 is 5.78 Å². The Morgan fingerprint density at radius 3 is 2.47 bits per heavy atom. The molecule has 102 valence electrons. The molecule has 2 aliphatic carbocycles. The fourth-order valence-electron chi connectivity index (χ4n) is 3.32. The molecule has 0 amide bonds. The summed E-state index contributed by atoms with van der Waals surface area (Å²) >= 11 is 0. The first kappa shape index (κ1) is 12.8. The van der Waals surface area contributed by atoms with Crippen LogP contribution in [0.3, 0.4) is 0 Å². The van der Waals surface area contributed by atoms with Crippen molar-refractivity contribution in [3.05, 3.63) is 23.3 Å². The summed E-state index contributed by atoms with van der Waals surface area (Å²) in [6.07, 6.45) is 13.5. The van der Waals surface area contributed by atoms with Gasteiger partial charge in [-0.2, -0.15) is 0 Å². The van der Waals surface area contributed by atoms with E-state index in [4.69, 9.17) is 4.98 Å². The number of aryl methyl sites for hydroxylation is 1. The minimum Gasteiger partial charge on any atom is -0.294 e. The molecule has 0 aliphatic heterocycles. The van der Waals surface area contributed by atoms with E-state index < -0.39 is 0 Å². The first-order valence-electron chi connectivity index (χ1n) is 7.73. The van der Waals surface area contributed by atoms with E-state index in [9.17, 15) is 4.79 Å². The second kappa shape index (κ2) is 5.81. The molecule has 2 aliphatic rings. The van der Waals surface area contributed by atoms with Crippen LogP contribution in [0.25, 0.3) is 0 Å². The van der Waals surface area contributed by atoms with Crippen molar-refractivity contribution < 1.29 is 4.79 Å². The highest BCUT2D eigenvalue weighted by Crippen LogP contribution is 2.30.